The molecule has 0 radical (unpaired) electrons. The molecule has 1 amide bonds. The molecule has 1 aliphatic heterocycles. The number of amides is 1. The van der Waals surface area contributed by atoms with Crippen LogP contribution < -0.4 is 9.64 Å². The number of ether oxygens (including phenoxy) is 1. The zero-order chi connectivity index (χ0) is 22.5. The Morgan fingerprint density at radius 1 is 0.969 bits per heavy atom. The van der Waals surface area contributed by atoms with Crippen molar-refractivity contribution < 1.29 is 14.5 Å². The Labute approximate surface area is 187 Å². The Hall–Kier alpha value is -3.87. The lowest BCUT2D eigenvalue weighted by atomic mass is 10.1. The first-order valence-electron chi connectivity index (χ1n) is 10.6. The molecule has 0 aromatic heterocycles. The molecule has 0 saturated carbocycles. The Morgan fingerprint density at radius 3 is 2.38 bits per heavy atom. The number of anilines is 1. The first-order valence-corrected chi connectivity index (χ1v) is 10.6. The van der Waals surface area contributed by atoms with Gasteiger partial charge < -0.3 is 14.5 Å². The molecule has 1 heterocycles. The van der Waals surface area contributed by atoms with E-state index in [1.54, 1.807) is 18.2 Å². The molecule has 7 nitrogen and oxygen atoms in total. The van der Waals surface area contributed by atoms with Crippen LogP contribution in [0, 0.1) is 17.0 Å². The number of nitro groups is 1. The third kappa shape index (κ3) is 5.06. The summed E-state index contributed by atoms with van der Waals surface area (Å²) in [4.78, 5) is 27.4. The van der Waals surface area contributed by atoms with Gasteiger partial charge in [-0.2, -0.15) is 0 Å². The number of piperazine rings is 1. The number of carbonyl (C=O) groups excluding carboxylic acids is 1. The monoisotopic (exact) mass is 431 g/mol. The van der Waals surface area contributed by atoms with Gasteiger partial charge in [-0.15, -0.1) is 0 Å². The number of non-ortho nitro benzene ring substituents is 1. The van der Waals surface area contributed by atoms with Gasteiger partial charge in [0.05, 0.1) is 4.92 Å². The van der Waals surface area contributed by atoms with Gasteiger partial charge in [0.15, 0.2) is 0 Å². The number of rotatable bonds is 6. The minimum absolute atomic E-state index is 0.0191. The predicted octanol–water partition coefficient (Wildman–Crippen LogP) is 4.44. The van der Waals surface area contributed by atoms with Crippen LogP contribution in [0.15, 0.2) is 72.8 Å². The Morgan fingerprint density at radius 2 is 1.69 bits per heavy atom. The normalized spacial score (nSPS) is 13.7. The highest BCUT2D eigenvalue weighted by molar-refractivity contribution is 5.94. The average molecular weight is 431 g/mol. The van der Waals surface area contributed by atoms with Gasteiger partial charge in [0.2, 0.25) is 0 Å². The van der Waals surface area contributed by atoms with Gasteiger partial charge in [0.1, 0.15) is 12.4 Å². The zero-order valence-corrected chi connectivity index (χ0v) is 17.9. The summed E-state index contributed by atoms with van der Waals surface area (Å²) >= 11 is 0. The molecule has 164 valence electrons. The standard InChI is InChI=1S/C25H25N3O4/c1-19-4-2-5-20(16-19)18-32-24-7-3-6-21(17-24)25(29)27-14-12-26(13-15-27)22-8-10-23(11-9-22)28(30)31/h2-11,16-17H,12-15,18H2,1H3. The van der Waals surface area contributed by atoms with Crippen LogP contribution in [-0.4, -0.2) is 41.9 Å². The smallest absolute Gasteiger partial charge is 0.269 e. The highest BCUT2D eigenvalue weighted by Gasteiger charge is 2.23. The van der Waals surface area contributed by atoms with Gasteiger partial charge in [-0.05, 0) is 42.8 Å². The van der Waals surface area contributed by atoms with Crippen molar-refractivity contribution in [3.8, 4) is 5.75 Å². The maximum atomic E-state index is 13.0. The van der Waals surface area contributed by atoms with Crippen LogP contribution in [-0.2, 0) is 6.61 Å². The van der Waals surface area contributed by atoms with Gasteiger partial charge in [-0.3, -0.25) is 14.9 Å². The lowest BCUT2D eigenvalue weighted by Crippen LogP contribution is -2.48. The van der Waals surface area contributed by atoms with E-state index in [0.29, 0.717) is 44.1 Å². The number of nitrogens with zero attached hydrogens (tertiary/aromatic N) is 3. The second-order valence-corrected chi connectivity index (χ2v) is 7.86. The van der Waals surface area contributed by atoms with E-state index in [1.807, 2.05) is 48.2 Å². The first-order chi connectivity index (χ1) is 15.5. The van der Waals surface area contributed by atoms with E-state index < -0.39 is 4.92 Å². The van der Waals surface area contributed by atoms with E-state index >= 15 is 0 Å². The third-order valence-electron chi connectivity index (χ3n) is 5.56. The zero-order valence-electron chi connectivity index (χ0n) is 17.9. The molecule has 0 N–H and O–H groups in total. The van der Waals surface area contributed by atoms with Crippen molar-refractivity contribution in [2.24, 2.45) is 0 Å². The van der Waals surface area contributed by atoms with Crippen LogP contribution in [0.3, 0.4) is 0 Å². The molecular weight excluding hydrogens is 406 g/mol. The number of hydrogen-bond donors (Lipinski definition) is 0. The molecule has 0 spiro atoms. The lowest BCUT2D eigenvalue weighted by Gasteiger charge is -2.36. The van der Waals surface area contributed by atoms with E-state index in [1.165, 1.54) is 17.7 Å². The topological polar surface area (TPSA) is 75.9 Å². The molecule has 3 aromatic carbocycles. The van der Waals surface area contributed by atoms with Crippen LogP contribution in [0.1, 0.15) is 21.5 Å². The highest BCUT2D eigenvalue weighted by atomic mass is 16.6. The highest BCUT2D eigenvalue weighted by Crippen LogP contribution is 2.22. The van der Waals surface area contributed by atoms with E-state index in [9.17, 15) is 14.9 Å². The van der Waals surface area contributed by atoms with Crippen LogP contribution in [0.25, 0.3) is 0 Å². The van der Waals surface area contributed by atoms with Crippen LogP contribution in [0.5, 0.6) is 5.75 Å². The quantitative estimate of drug-likeness (QED) is 0.426. The number of aryl methyl sites for hydroxylation is 1. The van der Waals surface area contributed by atoms with Gasteiger partial charge >= 0.3 is 0 Å². The maximum Gasteiger partial charge on any atom is 0.269 e. The molecule has 0 atom stereocenters. The third-order valence-corrected chi connectivity index (χ3v) is 5.56. The number of carbonyl (C=O) groups is 1. The van der Waals surface area contributed by atoms with Crippen molar-refractivity contribution in [1.29, 1.82) is 0 Å². The first kappa shape index (κ1) is 21.4. The van der Waals surface area contributed by atoms with Gasteiger partial charge in [-0.25, -0.2) is 0 Å². The average Bonchev–Trinajstić information content (AvgIpc) is 2.83. The molecule has 4 rings (SSSR count). The summed E-state index contributed by atoms with van der Waals surface area (Å²) in [6.07, 6.45) is 0. The molecule has 1 saturated heterocycles. The Kier molecular flexibility index (Phi) is 6.35. The summed E-state index contributed by atoms with van der Waals surface area (Å²) in [5.74, 6) is 0.649. The predicted molar refractivity (Wildman–Crippen MR) is 123 cm³/mol. The Balaban J connectivity index is 1.34. The van der Waals surface area contributed by atoms with Gasteiger partial charge in [0.25, 0.3) is 11.6 Å². The summed E-state index contributed by atoms with van der Waals surface area (Å²) < 4.78 is 5.90. The molecule has 7 heteroatoms. The maximum absolute atomic E-state index is 13.0. The molecule has 32 heavy (non-hydrogen) atoms. The van der Waals surface area contributed by atoms with Crippen molar-refractivity contribution in [2.45, 2.75) is 13.5 Å². The minimum atomic E-state index is -0.404. The lowest BCUT2D eigenvalue weighted by molar-refractivity contribution is -0.384. The minimum Gasteiger partial charge on any atom is -0.489 e. The number of nitro benzene ring substituents is 1. The van der Waals surface area contributed by atoms with Crippen molar-refractivity contribution in [1.82, 2.24) is 4.90 Å². The molecule has 0 unspecified atom stereocenters. The fourth-order valence-corrected chi connectivity index (χ4v) is 3.82. The fourth-order valence-electron chi connectivity index (χ4n) is 3.82. The van der Waals surface area contributed by atoms with Crippen molar-refractivity contribution in [3.05, 3.63) is 99.6 Å². The summed E-state index contributed by atoms with van der Waals surface area (Å²) in [6, 6.07) is 22.0. The fraction of sp³-hybridized carbons (Fsp3) is 0.240. The summed E-state index contributed by atoms with van der Waals surface area (Å²) in [5, 5.41) is 10.8. The van der Waals surface area contributed by atoms with Crippen molar-refractivity contribution in [3.63, 3.8) is 0 Å². The van der Waals surface area contributed by atoms with Gasteiger partial charge in [0, 0.05) is 49.6 Å². The largest absolute Gasteiger partial charge is 0.489 e. The second-order valence-electron chi connectivity index (χ2n) is 7.86. The Bertz CT molecular complexity index is 1110. The molecule has 0 aliphatic carbocycles. The van der Waals surface area contributed by atoms with E-state index in [-0.39, 0.29) is 11.6 Å². The van der Waals surface area contributed by atoms with Crippen molar-refractivity contribution in [2.75, 3.05) is 31.1 Å². The molecule has 1 aliphatic rings. The van der Waals surface area contributed by atoms with E-state index in [4.69, 9.17) is 4.74 Å². The summed E-state index contributed by atoms with van der Waals surface area (Å²) in [6.45, 7) is 5.02. The van der Waals surface area contributed by atoms with E-state index in [2.05, 4.69) is 11.0 Å². The molecule has 3 aromatic rings. The van der Waals surface area contributed by atoms with Crippen LogP contribution in [0.4, 0.5) is 11.4 Å². The molecule has 0 bridgehead atoms. The molecular formula is C25H25N3O4. The van der Waals surface area contributed by atoms with Crippen LogP contribution in [0.2, 0.25) is 0 Å². The number of benzene rings is 3. The van der Waals surface area contributed by atoms with Crippen molar-refractivity contribution >= 4 is 17.3 Å². The van der Waals surface area contributed by atoms with Crippen LogP contribution >= 0.6 is 0 Å². The molecule has 1 fully saturated rings. The summed E-state index contributed by atoms with van der Waals surface area (Å²) in [5.41, 5.74) is 3.88. The number of hydrogen-bond acceptors (Lipinski definition) is 5. The van der Waals surface area contributed by atoms with Gasteiger partial charge in [-0.1, -0.05) is 35.9 Å². The second kappa shape index (κ2) is 9.51. The summed E-state index contributed by atoms with van der Waals surface area (Å²) in [7, 11) is 0. The SMILES string of the molecule is Cc1cccc(COc2cccc(C(=O)N3CCN(c4ccc([N+](=O)[O-])cc4)CC3)c2)c1. The van der Waals surface area contributed by atoms with E-state index in [0.717, 1.165) is 11.3 Å².